The van der Waals surface area contributed by atoms with Crippen LogP contribution in [0.25, 0.3) is 0 Å². The molecule has 7 nitrogen and oxygen atoms in total. The fourth-order valence-corrected chi connectivity index (χ4v) is 2.15. The second-order valence-corrected chi connectivity index (χ2v) is 7.45. The van der Waals surface area contributed by atoms with Crippen LogP contribution in [-0.4, -0.2) is 96.1 Å². The van der Waals surface area contributed by atoms with Gasteiger partial charge in [0.15, 0.2) is 0 Å². The molecular formula is C17H36BrN2O5+. The summed E-state index contributed by atoms with van der Waals surface area (Å²) in [4.78, 5) is 25.4. The number of hydrogen-bond donors (Lipinski definition) is 0. The Hall–Kier alpha value is -0.700. The number of methoxy groups -OCH3 is 1. The lowest BCUT2D eigenvalue weighted by Gasteiger charge is -2.31. The van der Waals surface area contributed by atoms with Crippen LogP contribution in [0.4, 0.5) is 0 Å². The van der Waals surface area contributed by atoms with Crippen molar-refractivity contribution in [2.45, 2.75) is 20.3 Å². The number of nitrogens with zero attached hydrogens (tertiary/aromatic N) is 2. The third kappa shape index (κ3) is 12.3. The molecule has 0 spiro atoms. The highest BCUT2D eigenvalue weighted by atomic mass is 79.9. The van der Waals surface area contributed by atoms with Gasteiger partial charge in [-0.25, -0.2) is 0 Å². The molecule has 0 N–H and O–H groups in total. The number of quaternary nitrogens is 1. The molecule has 0 bridgehead atoms. The van der Waals surface area contributed by atoms with E-state index in [0.29, 0.717) is 6.61 Å². The van der Waals surface area contributed by atoms with Gasteiger partial charge in [0.25, 0.3) is 0 Å². The van der Waals surface area contributed by atoms with Crippen LogP contribution >= 0.6 is 17.0 Å². The van der Waals surface area contributed by atoms with Crippen molar-refractivity contribution in [2.75, 3.05) is 74.8 Å². The number of rotatable bonds is 12. The highest BCUT2D eigenvalue weighted by Gasteiger charge is 2.36. The smallest absolute Gasteiger partial charge is 0.317 e. The van der Waals surface area contributed by atoms with E-state index in [1.54, 1.807) is 6.92 Å². The van der Waals surface area contributed by atoms with Crippen LogP contribution in [0, 0.1) is 5.41 Å². The second kappa shape index (κ2) is 12.6. The second-order valence-electron chi connectivity index (χ2n) is 7.45. The van der Waals surface area contributed by atoms with E-state index in [1.807, 2.05) is 0 Å². The monoisotopic (exact) mass is 427 g/mol. The van der Waals surface area contributed by atoms with Crippen LogP contribution in [0.3, 0.4) is 0 Å². The van der Waals surface area contributed by atoms with E-state index >= 15 is 0 Å². The maximum Gasteiger partial charge on any atom is 0.317 e. The lowest BCUT2D eigenvalue weighted by atomic mass is 9.93. The average molecular weight is 428 g/mol. The summed E-state index contributed by atoms with van der Waals surface area (Å²) in [6.07, 6.45) is 0.781. The molecule has 0 heterocycles. The number of hydrogen-bond acceptors (Lipinski definition) is 6. The SMILES string of the molecule is Br.COCC(C)(COC(C)=O)C(=O)OCCC[N+](C)(C)CCN(C)C. The standard InChI is InChI=1S/C17H35N2O5.BrH/c1-15(20)24-14-17(2,13-22-7)16(21)23-12-8-10-19(5,6)11-9-18(3)4;/h8-14H2,1-7H3;1H/q+1;. The number of carbonyl (C=O) groups is 2. The summed E-state index contributed by atoms with van der Waals surface area (Å²) in [6, 6.07) is 0. The maximum absolute atomic E-state index is 12.3. The molecule has 0 aromatic heterocycles. The normalized spacial score (nSPS) is 13.8. The molecule has 0 fully saturated rings. The first-order valence-electron chi connectivity index (χ1n) is 8.29. The number of likely N-dealkylation sites (N-methyl/N-ethyl adjacent to an activating group) is 2. The summed E-state index contributed by atoms with van der Waals surface area (Å²) < 4.78 is 16.3. The van der Waals surface area contributed by atoms with Gasteiger partial charge in [0.2, 0.25) is 0 Å². The van der Waals surface area contributed by atoms with Crippen molar-refractivity contribution in [1.82, 2.24) is 4.90 Å². The van der Waals surface area contributed by atoms with Gasteiger partial charge in [-0.15, -0.1) is 17.0 Å². The minimum Gasteiger partial charge on any atom is -0.465 e. The minimum absolute atomic E-state index is 0. The van der Waals surface area contributed by atoms with Crippen LogP contribution in [-0.2, 0) is 23.8 Å². The molecule has 0 aliphatic heterocycles. The third-order valence-electron chi connectivity index (χ3n) is 3.84. The maximum atomic E-state index is 12.3. The molecule has 8 heteroatoms. The van der Waals surface area contributed by atoms with Gasteiger partial charge < -0.3 is 23.6 Å². The van der Waals surface area contributed by atoms with Crippen LogP contribution in [0.2, 0.25) is 0 Å². The Balaban J connectivity index is 0. The van der Waals surface area contributed by atoms with Crippen LogP contribution in [0.15, 0.2) is 0 Å². The lowest BCUT2D eigenvalue weighted by molar-refractivity contribution is -0.890. The van der Waals surface area contributed by atoms with Crippen molar-refractivity contribution in [1.29, 1.82) is 0 Å². The summed E-state index contributed by atoms with van der Waals surface area (Å²) in [5.74, 6) is -0.825. The zero-order chi connectivity index (χ0) is 18.8. The molecule has 1 atom stereocenters. The van der Waals surface area contributed by atoms with Crippen LogP contribution < -0.4 is 0 Å². The van der Waals surface area contributed by atoms with Crippen molar-refractivity contribution < 1.29 is 28.3 Å². The highest BCUT2D eigenvalue weighted by molar-refractivity contribution is 8.93. The van der Waals surface area contributed by atoms with Gasteiger partial charge in [0.05, 0.1) is 40.4 Å². The summed E-state index contributed by atoms with van der Waals surface area (Å²) in [6.45, 7) is 6.41. The molecular weight excluding hydrogens is 392 g/mol. The van der Waals surface area contributed by atoms with Gasteiger partial charge in [0, 0.05) is 27.0 Å². The number of esters is 2. The predicted octanol–water partition coefficient (Wildman–Crippen LogP) is 1.35. The zero-order valence-corrected chi connectivity index (χ0v) is 18.5. The highest BCUT2D eigenvalue weighted by Crippen LogP contribution is 2.20. The number of ether oxygens (including phenoxy) is 3. The van der Waals surface area contributed by atoms with Crippen molar-refractivity contribution in [3.63, 3.8) is 0 Å². The van der Waals surface area contributed by atoms with E-state index in [1.165, 1.54) is 14.0 Å². The van der Waals surface area contributed by atoms with E-state index in [-0.39, 0.29) is 30.2 Å². The molecule has 0 saturated carbocycles. The minimum atomic E-state index is -0.976. The molecule has 0 aromatic carbocycles. The molecule has 1 unspecified atom stereocenters. The van der Waals surface area contributed by atoms with Gasteiger partial charge >= 0.3 is 11.9 Å². The van der Waals surface area contributed by atoms with Gasteiger partial charge in [-0.05, 0) is 21.0 Å². The van der Waals surface area contributed by atoms with E-state index in [4.69, 9.17) is 14.2 Å². The summed E-state index contributed by atoms with van der Waals surface area (Å²) in [5, 5.41) is 0. The predicted molar refractivity (Wildman–Crippen MR) is 103 cm³/mol. The molecule has 150 valence electrons. The molecule has 0 aromatic rings. The Labute approximate surface area is 162 Å². The van der Waals surface area contributed by atoms with Crippen LogP contribution in [0.1, 0.15) is 20.3 Å². The summed E-state index contributed by atoms with van der Waals surface area (Å²) in [5.41, 5.74) is -0.976. The van der Waals surface area contributed by atoms with E-state index in [2.05, 4.69) is 33.1 Å². The summed E-state index contributed by atoms with van der Waals surface area (Å²) in [7, 11) is 9.95. The molecule has 0 saturated heterocycles. The lowest BCUT2D eigenvalue weighted by Crippen LogP contribution is -2.45. The zero-order valence-electron chi connectivity index (χ0n) is 16.8. The van der Waals surface area contributed by atoms with Gasteiger partial charge in [-0.1, -0.05) is 0 Å². The van der Waals surface area contributed by atoms with Crippen molar-refractivity contribution >= 4 is 28.9 Å². The molecule has 25 heavy (non-hydrogen) atoms. The Morgan fingerprint density at radius 3 is 2.16 bits per heavy atom. The Kier molecular flexibility index (Phi) is 13.4. The number of carbonyl (C=O) groups excluding carboxylic acids is 2. The van der Waals surface area contributed by atoms with Crippen molar-refractivity contribution in [2.24, 2.45) is 5.41 Å². The number of halogens is 1. The molecule has 0 radical (unpaired) electrons. The van der Waals surface area contributed by atoms with E-state index in [9.17, 15) is 9.59 Å². The Morgan fingerprint density at radius 2 is 1.68 bits per heavy atom. The fraction of sp³-hybridized carbons (Fsp3) is 0.882. The first-order chi connectivity index (χ1) is 11.0. The third-order valence-corrected chi connectivity index (χ3v) is 3.84. The van der Waals surface area contributed by atoms with Crippen molar-refractivity contribution in [3.8, 4) is 0 Å². The fourth-order valence-electron chi connectivity index (χ4n) is 2.15. The Bertz CT molecular complexity index is 404. The largest absolute Gasteiger partial charge is 0.465 e. The molecule has 0 rings (SSSR count). The van der Waals surface area contributed by atoms with E-state index in [0.717, 1.165) is 30.5 Å². The molecule has 0 amide bonds. The first kappa shape index (κ1) is 26.5. The topological polar surface area (TPSA) is 65.1 Å². The average Bonchev–Trinajstić information content (AvgIpc) is 2.48. The van der Waals surface area contributed by atoms with Crippen LogP contribution in [0.5, 0.6) is 0 Å². The Morgan fingerprint density at radius 1 is 1.08 bits per heavy atom. The van der Waals surface area contributed by atoms with E-state index < -0.39 is 17.4 Å². The van der Waals surface area contributed by atoms with Gasteiger partial charge in [-0.2, -0.15) is 0 Å². The first-order valence-corrected chi connectivity index (χ1v) is 8.29. The van der Waals surface area contributed by atoms with Gasteiger partial charge in [-0.3, -0.25) is 9.59 Å². The van der Waals surface area contributed by atoms with Crippen molar-refractivity contribution in [3.05, 3.63) is 0 Å². The molecule has 0 aliphatic carbocycles. The molecule has 0 aliphatic rings. The van der Waals surface area contributed by atoms with Gasteiger partial charge in [0.1, 0.15) is 12.0 Å². The quantitative estimate of drug-likeness (QED) is 0.266. The summed E-state index contributed by atoms with van der Waals surface area (Å²) >= 11 is 0.